The van der Waals surface area contributed by atoms with Crippen molar-refractivity contribution >= 4 is 22.4 Å². The Morgan fingerprint density at radius 3 is 3.08 bits per heavy atom. The number of nitrogens with one attached hydrogen (secondary N) is 3. The first-order valence-corrected chi connectivity index (χ1v) is 8.70. The van der Waals surface area contributed by atoms with Crippen LogP contribution in [0.2, 0.25) is 0 Å². The molecule has 132 valence electrons. The second-order valence-corrected chi connectivity index (χ2v) is 6.29. The lowest BCUT2D eigenvalue weighted by Crippen LogP contribution is -2.34. The van der Waals surface area contributed by atoms with Crippen molar-refractivity contribution < 1.29 is 0 Å². The molecule has 25 heavy (non-hydrogen) atoms. The first kappa shape index (κ1) is 17.4. The number of nitrogens with two attached hydrogens (primary N) is 1. The Labute approximate surface area is 148 Å². The highest BCUT2D eigenvalue weighted by atomic mass is 15.1. The first-order chi connectivity index (χ1) is 12.2. The lowest BCUT2D eigenvalue weighted by Gasteiger charge is -2.24. The van der Waals surface area contributed by atoms with Crippen molar-refractivity contribution in [3.63, 3.8) is 0 Å². The summed E-state index contributed by atoms with van der Waals surface area (Å²) in [6.07, 6.45) is 7.19. The molecule has 2 aromatic rings. The number of benzene rings is 1. The van der Waals surface area contributed by atoms with Gasteiger partial charge in [-0.1, -0.05) is 12.7 Å². The van der Waals surface area contributed by atoms with E-state index < -0.39 is 0 Å². The predicted octanol–water partition coefficient (Wildman–Crippen LogP) is 2.59. The van der Waals surface area contributed by atoms with Gasteiger partial charge in [0.25, 0.3) is 0 Å². The van der Waals surface area contributed by atoms with E-state index in [0.717, 1.165) is 53.8 Å². The molecule has 1 aliphatic rings. The van der Waals surface area contributed by atoms with E-state index in [-0.39, 0.29) is 0 Å². The fraction of sp³-hybridized carbons (Fsp3) is 0.368. The van der Waals surface area contributed by atoms with Crippen LogP contribution in [0.25, 0.3) is 10.9 Å². The van der Waals surface area contributed by atoms with Crippen molar-refractivity contribution in [2.75, 3.05) is 25.5 Å². The number of anilines is 1. The molecule has 0 saturated carbocycles. The molecule has 5 N–H and O–H groups in total. The molecule has 1 aliphatic carbocycles. The first-order valence-electron chi connectivity index (χ1n) is 8.70. The minimum Gasteiger partial charge on any atom is -0.340 e. The van der Waals surface area contributed by atoms with Crippen LogP contribution >= 0.6 is 0 Å². The maximum absolute atomic E-state index is 5.56. The van der Waals surface area contributed by atoms with Gasteiger partial charge in [-0.25, -0.2) is 0 Å². The third-order valence-electron chi connectivity index (χ3n) is 4.59. The highest BCUT2D eigenvalue weighted by molar-refractivity contribution is 6.10. The summed E-state index contributed by atoms with van der Waals surface area (Å²) in [5.74, 6) is 0.808. The number of fused-ring (bicyclic) bond motifs is 1. The van der Waals surface area contributed by atoms with Crippen LogP contribution < -0.4 is 16.4 Å². The SMILES string of the molecule is C=C(C1=CCC(NCCN)CC1)C(=NC)Nc1ccc2[nH]ncc2c1. The number of hydrogen-bond donors (Lipinski definition) is 4. The third-order valence-corrected chi connectivity index (χ3v) is 4.59. The van der Waals surface area contributed by atoms with E-state index >= 15 is 0 Å². The maximum Gasteiger partial charge on any atom is 0.132 e. The molecule has 0 saturated heterocycles. The van der Waals surface area contributed by atoms with Crippen LogP contribution in [0.15, 0.2) is 53.2 Å². The summed E-state index contributed by atoms with van der Waals surface area (Å²) in [6, 6.07) is 6.59. The van der Waals surface area contributed by atoms with Gasteiger partial charge < -0.3 is 16.4 Å². The normalized spacial score (nSPS) is 18.2. The largest absolute Gasteiger partial charge is 0.340 e. The fourth-order valence-corrected chi connectivity index (χ4v) is 3.16. The van der Waals surface area contributed by atoms with Gasteiger partial charge in [0.1, 0.15) is 5.84 Å². The monoisotopic (exact) mass is 338 g/mol. The topological polar surface area (TPSA) is 91.1 Å². The number of hydrogen-bond acceptors (Lipinski definition) is 4. The summed E-state index contributed by atoms with van der Waals surface area (Å²) < 4.78 is 0. The summed E-state index contributed by atoms with van der Waals surface area (Å²) >= 11 is 0. The molecule has 3 rings (SSSR count). The number of aliphatic imine (C=N–C) groups is 1. The Hall–Kier alpha value is -2.44. The Bertz CT molecular complexity index is 801. The minimum atomic E-state index is 0.513. The Balaban J connectivity index is 1.66. The standard InChI is InChI=1S/C19H26N6/c1-13(14-3-5-16(6-4-14)22-10-9-20)19(21-2)24-17-7-8-18-15(11-17)12-23-25-18/h3,7-8,11-12,16,22H,1,4-6,9-10,20H2,2H3,(H,21,24)(H,23,25). The number of H-pyrrole nitrogens is 1. The van der Waals surface area contributed by atoms with E-state index in [1.165, 1.54) is 5.57 Å². The molecule has 0 bridgehead atoms. The Morgan fingerprint density at radius 1 is 1.48 bits per heavy atom. The summed E-state index contributed by atoms with van der Waals surface area (Å²) in [6.45, 7) is 5.81. The minimum absolute atomic E-state index is 0.513. The van der Waals surface area contributed by atoms with E-state index in [4.69, 9.17) is 5.73 Å². The number of amidine groups is 1. The average molecular weight is 338 g/mol. The molecule has 1 heterocycles. The van der Waals surface area contributed by atoms with E-state index in [1.54, 1.807) is 7.05 Å². The number of aromatic amines is 1. The molecule has 0 aliphatic heterocycles. The molecule has 1 atom stereocenters. The van der Waals surface area contributed by atoms with Crippen LogP contribution in [0.1, 0.15) is 19.3 Å². The molecule has 6 nitrogen and oxygen atoms in total. The summed E-state index contributed by atoms with van der Waals surface area (Å²) in [5, 5.41) is 14.9. The van der Waals surface area contributed by atoms with Gasteiger partial charge in [0.2, 0.25) is 0 Å². The van der Waals surface area contributed by atoms with E-state index in [2.05, 4.69) is 44.5 Å². The molecular weight excluding hydrogens is 312 g/mol. The molecule has 1 aromatic carbocycles. The van der Waals surface area contributed by atoms with Crippen LogP contribution in [-0.4, -0.2) is 42.2 Å². The van der Waals surface area contributed by atoms with Crippen molar-refractivity contribution in [2.45, 2.75) is 25.3 Å². The lowest BCUT2D eigenvalue weighted by atomic mass is 9.90. The van der Waals surface area contributed by atoms with Gasteiger partial charge in [0.05, 0.1) is 11.7 Å². The second kappa shape index (κ2) is 8.09. The zero-order valence-corrected chi connectivity index (χ0v) is 14.7. The predicted molar refractivity (Wildman–Crippen MR) is 105 cm³/mol. The van der Waals surface area contributed by atoms with Crippen LogP contribution in [0.4, 0.5) is 5.69 Å². The zero-order chi connectivity index (χ0) is 17.6. The lowest BCUT2D eigenvalue weighted by molar-refractivity contribution is 0.475. The molecule has 1 unspecified atom stereocenters. The molecule has 1 aromatic heterocycles. The van der Waals surface area contributed by atoms with Gasteiger partial charge in [0, 0.05) is 42.8 Å². The average Bonchev–Trinajstić information content (AvgIpc) is 3.12. The number of aromatic nitrogens is 2. The third kappa shape index (κ3) is 4.15. The zero-order valence-electron chi connectivity index (χ0n) is 14.7. The smallest absolute Gasteiger partial charge is 0.132 e. The van der Waals surface area contributed by atoms with Crippen LogP contribution in [0, 0.1) is 0 Å². The number of rotatable bonds is 6. The molecule has 0 radical (unpaired) electrons. The Morgan fingerprint density at radius 2 is 2.36 bits per heavy atom. The van der Waals surface area contributed by atoms with Crippen molar-refractivity contribution in [3.8, 4) is 0 Å². The van der Waals surface area contributed by atoms with E-state index in [0.29, 0.717) is 12.6 Å². The summed E-state index contributed by atoms with van der Waals surface area (Å²) in [7, 11) is 1.79. The quantitative estimate of drug-likeness (QED) is 0.481. The molecular formula is C19H26N6. The van der Waals surface area contributed by atoms with Gasteiger partial charge in [-0.2, -0.15) is 5.10 Å². The van der Waals surface area contributed by atoms with E-state index in [1.807, 2.05) is 18.3 Å². The fourth-order valence-electron chi connectivity index (χ4n) is 3.16. The van der Waals surface area contributed by atoms with Crippen LogP contribution in [0.5, 0.6) is 0 Å². The molecule has 6 heteroatoms. The van der Waals surface area contributed by atoms with Gasteiger partial charge in [-0.05, 0) is 43.0 Å². The van der Waals surface area contributed by atoms with Crippen molar-refractivity contribution in [1.82, 2.24) is 15.5 Å². The Kier molecular flexibility index (Phi) is 5.63. The van der Waals surface area contributed by atoms with E-state index in [9.17, 15) is 0 Å². The van der Waals surface area contributed by atoms with Gasteiger partial charge in [-0.3, -0.25) is 10.1 Å². The number of nitrogens with zero attached hydrogens (tertiary/aromatic N) is 2. The summed E-state index contributed by atoms with van der Waals surface area (Å²) in [5.41, 5.74) is 9.79. The van der Waals surface area contributed by atoms with Gasteiger partial charge in [-0.15, -0.1) is 0 Å². The summed E-state index contributed by atoms with van der Waals surface area (Å²) in [4.78, 5) is 4.40. The van der Waals surface area contributed by atoms with Crippen molar-refractivity contribution in [3.05, 3.63) is 48.2 Å². The van der Waals surface area contributed by atoms with Crippen molar-refractivity contribution in [2.24, 2.45) is 10.7 Å². The van der Waals surface area contributed by atoms with Gasteiger partial charge >= 0.3 is 0 Å². The molecule has 0 amide bonds. The molecule has 0 fully saturated rings. The highest BCUT2D eigenvalue weighted by Crippen LogP contribution is 2.25. The second-order valence-electron chi connectivity index (χ2n) is 6.29. The maximum atomic E-state index is 5.56. The van der Waals surface area contributed by atoms with Crippen molar-refractivity contribution in [1.29, 1.82) is 0 Å². The molecule has 0 spiro atoms. The van der Waals surface area contributed by atoms with Crippen LogP contribution in [-0.2, 0) is 0 Å². The van der Waals surface area contributed by atoms with Crippen LogP contribution in [0.3, 0.4) is 0 Å². The highest BCUT2D eigenvalue weighted by Gasteiger charge is 2.17. The van der Waals surface area contributed by atoms with Gasteiger partial charge in [0.15, 0.2) is 0 Å².